The molecular weight excluding hydrogens is 451 g/mol. The highest BCUT2D eigenvalue weighted by atomic mass is 19.4. The van der Waals surface area contributed by atoms with Crippen LogP contribution >= 0.6 is 0 Å². The van der Waals surface area contributed by atoms with Gasteiger partial charge in [0.1, 0.15) is 0 Å². The molecule has 1 aliphatic carbocycles. The van der Waals surface area contributed by atoms with E-state index in [9.17, 15) is 18.0 Å². The number of carbonyl (C=O) groups is 1. The summed E-state index contributed by atoms with van der Waals surface area (Å²) in [4.78, 5) is 22.3. The van der Waals surface area contributed by atoms with Crippen LogP contribution in [0.2, 0.25) is 0 Å². The van der Waals surface area contributed by atoms with Crippen molar-refractivity contribution in [3.8, 4) is 0 Å². The summed E-state index contributed by atoms with van der Waals surface area (Å²) in [6, 6.07) is 17.0. The average Bonchev–Trinajstić information content (AvgIpc) is 3.49. The molecule has 0 unspecified atom stereocenters. The number of hydrogen-bond donors (Lipinski definition) is 1. The van der Waals surface area contributed by atoms with Crippen LogP contribution in [0.1, 0.15) is 65.0 Å². The summed E-state index contributed by atoms with van der Waals surface area (Å²) in [5.74, 6) is -0.0842. The second-order valence-electron chi connectivity index (χ2n) is 9.66. The first-order valence-electron chi connectivity index (χ1n) is 11.4. The molecule has 2 atom stereocenters. The normalized spacial score (nSPS) is 17.7. The number of hydrogen-bond acceptors (Lipinski definition) is 3. The quantitative estimate of drug-likeness (QED) is 0.350. The summed E-state index contributed by atoms with van der Waals surface area (Å²) in [6.45, 7) is 4.34. The van der Waals surface area contributed by atoms with Gasteiger partial charge in [-0.1, -0.05) is 44.2 Å². The van der Waals surface area contributed by atoms with Gasteiger partial charge in [-0.25, -0.2) is 0 Å². The molecule has 4 nitrogen and oxygen atoms in total. The third kappa shape index (κ3) is 4.63. The fourth-order valence-corrected chi connectivity index (χ4v) is 4.56. The summed E-state index contributed by atoms with van der Waals surface area (Å²) < 4.78 is 39.5. The highest BCUT2D eigenvalue weighted by Crippen LogP contribution is 2.59. The number of rotatable bonds is 5. The first kappa shape index (κ1) is 23.0. The Morgan fingerprint density at radius 1 is 1.00 bits per heavy atom. The van der Waals surface area contributed by atoms with Crippen molar-refractivity contribution in [3.63, 3.8) is 0 Å². The van der Waals surface area contributed by atoms with Gasteiger partial charge in [-0.3, -0.25) is 14.8 Å². The lowest BCUT2D eigenvalue weighted by atomic mass is 9.93. The first-order chi connectivity index (χ1) is 16.6. The van der Waals surface area contributed by atoms with Crippen LogP contribution < -0.4 is 5.32 Å². The third-order valence-electron chi connectivity index (χ3n) is 6.75. The molecule has 2 heterocycles. The van der Waals surface area contributed by atoms with Gasteiger partial charge in [0.05, 0.1) is 22.8 Å². The lowest BCUT2D eigenvalue weighted by molar-refractivity contribution is -0.137. The molecule has 1 fully saturated rings. The van der Waals surface area contributed by atoms with E-state index in [1.807, 2.05) is 30.3 Å². The van der Waals surface area contributed by atoms with Crippen LogP contribution in [-0.4, -0.2) is 15.9 Å². The van der Waals surface area contributed by atoms with Gasteiger partial charge in [0.15, 0.2) is 0 Å². The topological polar surface area (TPSA) is 54.9 Å². The molecular formula is C28H24F3N3O. The van der Waals surface area contributed by atoms with Crippen molar-refractivity contribution in [1.29, 1.82) is 0 Å². The minimum atomic E-state index is -4.44. The maximum Gasteiger partial charge on any atom is 0.416 e. The second kappa shape index (κ2) is 8.48. The number of nitrogens with one attached hydrogen (secondary N) is 1. The maximum atomic E-state index is 13.3. The molecule has 4 aromatic rings. The van der Waals surface area contributed by atoms with Crippen LogP contribution in [0.15, 0.2) is 79.1 Å². The smallest absolute Gasteiger partial charge is 0.340 e. The molecule has 1 amide bonds. The predicted molar refractivity (Wildman–Crippen MR) is 128 cm³/mol. The number of pyridine rings is 2. The van der Waals surface area contributed by atoms with E-state index in [4.69, 9.17) is 0 Å². The van der Waals surface area contributed by atoms with Crippen molar-refractivity contribution in [2.24, 2.45) is 5.41 Å². The molecule has 5 rings (SSSR count). The van der Waals surface area contributed by atoms with Gasteiger partial charge in [0.25, 0.3) is 5.91 Å². The number of amides is 1. The zero-order chi connectivity index (χ0) is 24.8. The fraction of sp³-hybridized carbons (Fsp3) is 0.250. The molecule has 0 bridgehead atoms. The van der Waals surface area contributed by atoms with Gasteiger partial charge < -0.3 is 5.32 Å². The van der Waals surface area contributed by atoms with Crippen LogP contribution in [0, 0.1) is 5.41 Å². The molecule has 1 aliphatic rings. The van der Waals surface area contributed by atoms with E-state index in [0.717, 1.165) is 29.5 Å². The molecule has 0 aliphatic heterocycles. The number of fused-ring (bicyclic) bond motifs is 1. The van der Waals surface area contributed by atoms with Crippen molar-refractivity contribution in [1.82, 2.24) is 15.3 Å². The standard InChI is InChI=1S/C28H24F3N3O/c1-27(2)16-22(27)21-6-4-14-33-25(21)24(18-9-11-20(12-10-18)28(29,30)31)34-26(35)19-8-7-17-5-3-13-32-23(17)15-19/h3-15,22,24H,16H2,1-2H3,(H,34,35)/t22-,24-/m0/s1. The van der Waals surface area contributed by atoms with Gasteiger partial charge >= 0.3 is 6.18 Å². The van der Waals surface area contributed by atoms with Gasteiger partial charge in [-0.05, 0) is 65.3 Å². The van der Waals surface area contributed by atoms with Crippen molar-refractivity contribution >= 4 is 16.8 Å². The summed E-state index contributed by atoms with van der Waals surface area (Å²) in [5, 5.41) is 3.94. The Kier molecular flexibility index (Phi) is 5.58. The Hall–Kier alpha value is -3.74. The zero-order valence-corrected chi connectivity index (χ0v) is 19.3. The lowest BCUT2D eigenvalue weighted by Gasteiger charge is -2.23. The Morgan fingerprint density at radius 3 is 2.37 bits per heavy atom. The number of nitrogens with zero attached hydrogens (tertiary/aromatic N) is 2. The molecule has 0 saturated heterocycles. The van der Waals surface area contributed by atoms with E-state index < -0.39 is 17.8 Å². The van der Waals surface area contributed by atoms with E-state index >= 15 is 0 Å². The van der Waals surface area contributed by atoms with E-state index in [2.05, 4.69) is 29.1 Å². The minimum Gasteiger partial charge on any atom is -0.340 e. The fourth-order valence-electron chi connectivity index (χ4n) is 4.56. The maximum absolute atomic E-state index is 13.3. The lowest BCUT2D eigenvalue weighted by Crippen LogP contribution is -2.31. The summed E-state index contributed by atoms with van der Waals surface area (Å²) >= 11 is 0. The van der Waals surface area contributed by atoms with Crippen molar-refractivity contribution in [2.75, 3.05) is 0 Å². The third-order valence-corrected chi connectivity index (χ3v) is 6.75. The van der Waals surface area contributed by atoms with Gasteiger partial charge in [0.2, 0.25) is 0 Å². The monoisotopic (exact) mass is 475 g/mol. The van der Waals surface area contributed by atoms with Crippen LogP contribution in [-0.2, 0) is 6.18 Å². The zero-order valence-electron chi connectivity index (χ0n) is 19.3. The molecule has 7 heteroatoms. The average molecular weight is 476 g/mol. The highest BCUT2D eigenvalue weighted by molar-refractivity contribution is 5.98. The van der Waals surface area contributed by atoms with Crippen molar-refractivity contribution in [2.45, 2.75) is 38.4 Å². The first-order valence-corrected chi connectivity index (χ1v) is 11.4. The Bertz CT molecular complexity index is 1400. The van der Waals surface area contributed by atoms with Crippen molar-refractivity contribution < 1.29 is 18.0 Å². The SMILES string of the molecule is CC1(C)C[C@H]1c1cccnc1[C@@H](NC(=O)c1ccc2cccnc2c1)c1ccc(C(F)(F)F)cc1. The molecule has 0 spiro atoms. The number of alkyl halides is 3. The van der Waals surface area contributed by atoms with E-state index in [-0.39, 0.29) is 17.2 Å². The largest absolute Gasteiger partial charge is 0.416 e. The number of carbonyl (C=O) groups excluding carboxylic acids is 1. The van der Waals surface area contributed by atoms with Crippen molar-refractivity contribution in [3.05, 3.63) is 107 Å². The Labute approximate surface area is 201 Å². The number of benzene rings is 2. The Balaban J connectivity index is 1.54. The van der Waals surface area contributed by atoms with Crippen LogP contribution in [0.3, 0.4) is 0 Å². The summed E-state index contributed by atoms with van der Waals surface area (Å²) in [7, 11) is 0. The molecule has 0 radical (unpaired) electrons. The van der Waals surface area contributed by atoms with Gasteiger partial charge in [0, 0.05) is 23.3 Å². The number of aromatic nitrogens is 2. The van der Waals surface area contributed by atoms with Gasteiger partial charge in [-0.15, -0.1) is 0 Å². The second-order valence-corrected chi connectivity index (χ2v) is 9.66. The highest BCUT2D eigenvalue weighted by Gasteiger charge is 2.48. The molecule has 1 N–H and O–H groups in total. The van der Waals surface area contributed by atoms with Crippen LogP contribution in [0.4, 0.5) is 13.2 Å². The van der Waals surface area contributed by atoms with E-state index in [1.165, 1.54) is 12.1 Å². The van der Waals surface area contributed by atoms with Gasteiger partial charge in [-0.2, -0.15) is 13.2 Å². The summed E-state index contributed by atoms with van der Waals surface area (Å²) in [6.07, 6.45) is -0.150. The molecule has 178 valence electrons. The van der Waals surface area contributed by atoms with Crippen LogP contribution in [0.25, 0.3) is 10.9 Å². The van der Waals surface area contributed by atoms with E-state index in [1.54, 1.807) is 24.5 Å². The molecule has 2 aromatic carbocycles. The molecule has 2 aromatic heterocycles. The van der Waals surface area contributed by atoms with E-state index in [0.29, 0.717) is 22.3 Å². The van der Waals surface area contributed by atoms with Crippen LogP contribution in [0.5, 0.6) is 0 Å². The predicted octanol–water partition coefficient (Wildman–Crippen LogP) is 6.68. The molecule has 1 saturated carbocycles. The molecule has 35 heavy (non-hydrogen) atoms. The summed E-state index contributed by atoms with van der Waals surface area (Å²) in [5.41, 5.74) is 2.65. The Morgan fingerprint density at radius 2 is 1.69 bits per heavy atom. The number of halogens is 3. The minimum absolute atomic E-state index is 0.108.